The van der Waals surface area contributed by atoms with E-state index in [9.17, 15) is 4.79 Å². The van der Waals surface area contributed by atoms with Crippen LogP contribution in [-0.2, 0) is 10.3 Å². The van der Waals surface area contributed by atoms with Gasteiger partial charge in [-0.25, -0.2) is 0 Å². The first-order valence-corrected chi connectivity index (χ1v) is 7.21. The summed E-state index contributed by atoms with van der Waals surface area (Å²) >= 11 is 0. The second-order valence-electron chi connectivity index (χ2n) is 5.35. The Hall–Kier alpha value is -2.09. The highest BCUT2D eigenvalue weighted by Crippen LogP contribution is 2.39. The van der Waals surface area contributed by atoms with E-state index in [1.165, 1.54) is 0 Å². The summed E-state index contributed by atoms with van der Waals surface area (Å²) in [5, 5.41) is 0. The molecule has 0 radical (unpaired) electrons. The summed E-state index contributed by atoms with van der Waals surface area (Å²) in [6.07, 6.45) is 4.25. The lowest BCUT2D eigenvalue weighted by atomic mass is 9.81. The number of nitrogens with zero attached hydrogens (tertiary/aromatic N) is 1. The van der Waals surface area contributed by atoms with Crippen LogP contribution in [0, 0.1) is 0 Å². The van der Waals surface area contributed by atoms with Crippen LogP contribution in [0.25, 0.3) is 0 Å². The Balaban J connectivity index is 2.09. The summed E-state index contributed by atoms with van der Waals surface area (Å²) in [7, 11) is 0. The molecule has 2 aromatic rings. The monoisotopic (exact) mass is 265 g/mol. The van der Waals surface area contributed by atoms with Crippen LogP contribution in [0.3, 0.4) is 0 Å². The number of para-hydroxylation sites is 1. The van der Waals surface area contributed by atoms with Gasteiger partial charge in [-0.1, -0.05) is 48.5 Å². The SMILES string of the molecule is O=CC1(c2ccccc2)CCCCN1c1ccccc1. The number of aldehydes is 1. The van der Waals surface area contributed by atoms with Gasteiger partial charge in [0.15, 0.2) is 0 Å². The van der Waals surface area contributed by atoms with Crippen molar-refractivity contribution in [3.63, 3.8) is 0 Å². The van der Waals surface area contributed by atoms with Gasteiger partial charge in [0.25, 0.3) is 0 Å². The third kappa shape index (κ3) is 2.11. The molecule has 1 heterocycles. The minimum atomic E-state index is -0.513. The molecule has 0 aromatic heterocycles. The van der Waals surface area contributed by atoms with Gasteiger partial charge in [-0.3, -0.25) is 0 Å². The van der Waals surface area contributed by atoms with Crippen molar-refractivity contribution in [2.24, 2.45) is 0 Å². The Morgan fingerprint density at radius 2 is 1.55 bits per heavy atom. The minimum Gasteiger partial charge on any atom is -0.355 e. The lowest BCUT2D eigenvalue weighted by molar-refractivity contribution is -0.113. The van der Waals surface area contributed by atoms with Gasteiger partial charge in [0.1, 0.15) is 11.8 Å². The first-order valence-electron chi connectivity index (χ1n) is 7.21. The lowest BCUT2D eigenvalue weighted by Gasteiger charge is -2.45. The number of rotatable bonds is 3. The molecule has 0 saturated carbocycles. The van der Waals surface area contributed by atoms with E-state index in [1.807, 2.05) is 36.4 Å². The first-order chi connectivity index (χ1) is 9.87. The normalized spacial score (nSPS) is 22.5. The van der Waals surface area contributed by atoms with E-state index in [-0.39, 0.29) is 0 Å². The van der Waals surface area contributed by atoms with Crippen LogP contribution < -0.4 is 4.90 Å². The third-order valence-electron chi connectivity index (χ3n) is 4.21. The summed E-state index contributed by atoms with van der Waals surface area (Å²) in [4.78, 5) is 14.3. The maximum atomic E-state index is 12.0. The highest BCUT2D eigenvalue weighted by molar-refractivity contribution is 5.75. The summed E-state index contributed by atoms with van der Waals surface area (Å²) in [5.41, 5.74) is 1.71. The van der Waals surface area contributed by atoms with E-state index in [0.29, 0.717) is 0 Å². The van der Waals surface area contributed by atoms with Crippen LogP contribution in [0.15, 0.2) is 60.7 Å². The van der Waals surface area contributed by atoms with Gasteiger partial charge in [-0.15, -0.1) is 0 Å². The van der Waals surface area contributed by atoms with Crippen molar-refractivity contribution in [1.82, 2.24) is 0 Å². The predicted octanol–water partition coefficient (Wildman–Crippen LogP) is 3.77. The van der Waals surface area contributed by atoms with Crippen LogP contribution in [0.1, 0.15) is 24.8 Å². The van der Waals surface area contributed by atoms with Crippen LogP contribution in [0.4, 0.5) is 5.69 Å². The lowest BCUT2D eigenvalue weighted by Crippen LogP contribution is -2.51. The van der Waals surface area contributed by atoms with Crippen LogP contribution in [0.2, 0.25) is 0 Å². The average Bonchev–Trinajstić information content (AvgIpc) is 2.56. The fourth-order valence-corrected chi connectivity index (χ4v) is 3.18. The molecule has 0 bridgehead atoms. The molecule has 0 amide bonds. The smallest absolute Gasteiger partial charge is 0.150 e. The number of hydrogen-bond acceptors (Lipinski definition) is 2. The number of piperidine rings is 1. The standard InChI is InChI=1S/C18H19NO/c20-15-18(16-9-3-1-4-10-16)13-7-8-14-19(18)17-11-5-2-6-12-17/h1-6,9-12,15H,7-8,13-14H2. The zero-order valence-electron chi connectivity index (χ0n) is 11.5. The molecule has 2 nitrogen and oxygen atoms in total. The molecule has 0 spiro atoms. The summed E-state index contributed by atoms with van der Waals surface area (Å²) < 4.78 is 0. The molecule has 1 fully saturated rings. The molecular formula is C18H19NO. The first kappa shape index (κ1) is 12.9. The molecule has 1 unspecified atom stereocenters. The van der Waals surface area contributed by atoms with E-state index in [2.05, 4.69) is 29.2 Å². The van der Waals surface area contributed by atoms with Crippen LogP contribution in [-0.4, -0.2) is 12.8 Å². The van der Waals surface area contributed by atoms with Gasteiger partial charge < -0.3 is 9.69 Å². The summed E-state index contributed by atoms with van der Waals surface area (Å²) in [6.45, 7) is 0.928. The Morgan fingerprint density at radius 3 is 2.20 bits per heavy atom. The Kier molecular flexibility index (Phi) is 3.55. The maximum Gasteiger partial charge on any atom is 0.150 e. The molecule has 1 aliphatic rings. The molecule has 0 N–H and O–H groups in total. The zero-order valence-corrected chi connectivity index (χ0v) is 11.5. The van der Waals surface area contributed by atoms with Crippen molar-refractivity contribution in [3.05, 3.63) is 66.2 Å². The molecule has 3 rings (SSSR count). The van der Waals surface area contributed by atoms with Crippen molar-refractivity contribution < 1.29 is 4.79 Å². The number of carbonyl (C=O) groups excluding carboxylic acids is 1. The number of hydrogen-bond donors (Lipinski definition) is 0. The highest BCUT2D eigenvalue weighted by Gasteiger charge is 2.40. The summed E-state index contributed by atoms with van der Waals surface area (Å²) in [5.74, 6) is 0. The number of carbonyl (C=O) groups is 1. The Bertz CT molecular complexity index is 566. The molecule has 1 saturated heterocycles. The molecule has 20 heavy (non-hydrogen) atoms. The van der Waals surface area contributed by atoms with Gasteiger partial charge in [0, 0.05) is 12.2 Å². The molecule has 1 aliphatic heterocycles. The van der Waals surface area contributed by atoms with Crippen LogP contribution >= 0.6 is 0 Å². The van der Waals surface area contributed by atoms with Gasteiger partial charge in [-0.05, 0) is 37.0 Å². The fraction of sp³-hybridized carbons (Fsp3) is 0.278. The molecule has 0 aliphatic carbocycles. The van der Waals surface area contributed by atoms with E-state index in [4.69, 9.17) is 0 Å². The zero-order chi connectivity index (χ0) is 13.8. The van der Waals surface area contributed by atoms with Crippen molar-refractivity contribution in [2.75, 3.05) is 11.4 Å². The largest absolute Gasteiger partial charge is 0.355 e. The average molecular weight is 265 g/mol. The quantitative estimate of drug-likeness (QED) is 0.787. The van der Waals surface area contributed by atoms with Crippen molar-refractivity contribution in [1.29, 1.82) is 0 Å². The highest BCUT2D eigenvalue weighted by atomic mass is 16.1. The molecular weight excluding hydrogens is 246 g/mol. The van der Waals surface area contributed by atoms with Crippen molar-refractivity contribution in [2.45, 2.75) is 24.8 Å². The van der Waals surface area contributed by atoms with Gasteiger partial charge in [0.05, 0.1) is 0 Å². The van der Waals surface area contributed by atoms with E-state index < -0.39 is 5.54 Å². The minimum absolute atomic E-state index is 0.513. The van der Waals surface area contributed by atoms with Gasteiger partial charge >= 0.3 is 0 Å². The molecule has 1 atom stereocenters. The predicted molar refractivity (Wildman–Crippen MR) is 81.8 cm³/mol. The van der Waals surface area contributed by atoms with E-state index >= 15 is 0 Å². The maximum absolute atomic E-state index is 12.0. The second-order valence-corrected chi connectivity index (χ2v) is 5.35. The van der Waals surface area contributed by atoms with Crippen molar-refractivity contribution >= 4 is 12.0 Å². The fourth-order valence-electron chi connectivity index (χ4n) is 3.18. The van der Waals surface area contributed by atoms with Gasteiger partial charge in [-0.2, -0.15) is 0 Å². The topological polar surface area (TPSA) is 20.3 Å². The van der Waals surface area contributed by atoms with Crippen LogP contribution in [0.5, 0.6) is 0 Å². The third-order valence-corrected chi connectivity index (χ3v) is 4.21. The van der Waals surface area contributed by atoms with E-state index in [1.54, 1.807) is 0 Å². The van der Waals surface area contributed by atoms with E-state index in [0.717, 1.165) is 43.3 Å². The number of benzene rings is 2. The molecule has 2 aromatic carbocycles. The second kappa shape index (κ2) is 5.49. The van der Waals surface area contributed by atoms with Crippen molar-refractivity contribution in [3.8, 4) is 0 Å². The Labute approximate surface area is 120 Å². The van der Waals surface area contributed by atoms with Gasteiger partial charge in [0.2, 0.25) is 0 Å². The summed E-state index contributed by atoms with van der Waals surface area (Å²) in [6, 6.07) is 20.4. The Morgan fingerprint density at radius 1 is 0.900 bits per heavy atom. The molecule has 2 heteroatoms. The number of anilines is 1. The molecule has 102 valence electrons.